The number of phenolic OH excluding ortho intramolecular Hbond substituents is 2. The van der Waals surface area contributed by atoms with Crippen molar-refractivity contribution < 1.29 is 104 Å². The third-order valence-corrected chi connectivity index (χ3v) is 9.73. The zero-order valence-electron chi connectivity index (χ0n) is 28.9. The molecule has 0 bridgehead atoms. The van der Waals surface area contributed by atoms with Crippen LogP contribution < -0.4 is 14.9 Å². The van der Waals surface area contributed by atoms with E-state index in [0.29, 0.717) is 0 Å². The van der Waals surface area contributed by atoms with Crippen LogP contribution in [-0.4, -0.2) is 183 Å². The fourth-order valence-electron chi connectivity index (χ4n) is 6.57. The number of hydrogen-bond donors (Lipinski definition) is 14. The molecule has 0 saturated carbocycles. The first kappa shape index (κ1) is 41.8. The van der Waals surface area contributed by atoms with Crippen molar-refractivity contribution in [1.82, 2.24) is 0 Å². The number of aliphatic hydroxyl groups is 12. The highest BCUT2D eigenvalue weighted by molar-refractivity contribution is 5.87. The second-order valence-electron chi connectivity index (χ2n) is 13.3. The van der Waals surface area contributed by atoms with Crippen molar-refractivity contribution >= 4 is 11.0 Å². The van der Waals surface area contributed by atoms with E-state index in [1.165, 1.54) is 6.07 Å². The average molecular weight is 803 g/mol. The van der Waals surface area contributed by atoms with Crippen molar-refractivity contribution in [3.8, 4) is 34.3 Å². The van der Waals surface area contributed by atoms with Gasteiger partial charge in [0.25, 0.3) is 0 Å². The molecule has 6 rings (SSSR count). The predicted octanol–water partition coefficient (Wildman–Crippen LogP) is -5.45. The minimum atomic E-state index is -1.95. The van der Waals surface area contributed by atoms with Gasteiger partial charge in [-0.3, -0.25) is 4.79 Å². The molecule has 0 amide bonds. The number of hydrogen-bond acceptors (Lipinski definition) is 22. The molecule has 14 N–H and O–H groups in total. The van der Waals surface area contributed by atoms with Gasteiger partial charge in [0, 0.05) is 17.7 Å². The molecule has 0 radical (unpaired) electrons. The molecule has 310 valence electrons. The molecular formula is C34H42O22. The highest BCUT2D eigenvalue weighted by atomic mass is 16.8. The molecule has 0 spiro atoms. The van der Waals surface area contributed by atoms with E-state index >= 15 is 0 Å². The molecule has 2 aromatic carbocycles. The van der Waals surface area contributed by atoms with Crippen LogP contribution in [-0.2, 0) is 25.6 Å². The molecule has 22 nitrogen and oxygen atoms in total. The smallest absolute Gasteiger partial charge is 0.229 e. The second-order valence-corrected chi connectivity index (χ2v) is 13.3. The average Bonchev–Trinajstić information content (AvgIpc) is 3.18. The monoisotopic (exact) mass is 802 g/mol. The van der Waals surface area contributed by atoms with Gasteiger partial charge < -0.3 is 104 Å². The number of benzene rings is 2. The van der Waals surface area contributed by atoms with Crippen LogP contribution in [0, 0.1) is 0 Å². The standard InChI is InChI=1S/C34H42O22/c35-6-12-21(41)20-14(40)4-11(50-34-31(27(47)24(44)19(9-38)55-34)56-33-29(49)26(46)23(43)18(8-37)54-33)5-16(20)51-30(12)10-1-2-15(13(39)3-10)52-32-28(48)25(45)22(42)17(7-36)53-32/h1-5,17-19,22-29,31-40,42-49H,6-9H2/t17-,18-,19-,22-,23-,24-,25+,26+,27+,28-,29-,31-,32-,33+,34-/m1/s1. The third-order valence-electron chi connectivity index (χ3n) is 9.73. The Morgan fingerprint density at radius 1 is 0.589 bits per heavy atom. The van der Waals surface area contributed by atoms with Crippen LogP contribution in [0.1, 0.15) is 5.56 Å². The van der Waals surface area contributed by atoms with Crippen molar-refractivity contribution in [2.45, 2.75) is 98.7 Å². The van der Waals surface area contributed by atoms with Crippen LogP contribution in [0.25, 0.3) is 22.3 Å². The summed E-state index contributed by atoms with van der Waals surface area (Å²) in [5, 5.41) is 143. The Bertz CT molecular complexity index is 1880. The summed E-state index contributed by atoms with van der Waals surface area (Å²) in [7, 11) is 0. The molecule has 22 heteroatoms. The number of aliphatic hydroxyl groups excluding tert-OH is 12. The molecule has 1 aromatic heterocycles. The zero-order valence-corrected chi connectivity index (χ0v) is 28.9. The summed E-state index contributed by atoms with van der Waals surface area (Å²) in [6, 6.07) is 5.47. The van der Waals surface area contributed by atoms with E-state index in [2.05, 4.69) is 0 Å². The Morgan fingerprint density at radius 2 is 1.14 bits per heavy atom. The van der Waals surface area contributed by atoms with E-state index in [1.54, 1.807) is 0 Å². The molecule has 3 saturated heterocycles. The van der Waals surface area contributed by atoms with Crippen LogP contribution in [0.4, 0.5) is 0 Å². The van der Waals surface area contributed by atoms with E-state index in [1.807, 2.05) is 0 Å². The number of aromatic hydroxyl groups is 2. The maximum atomic E-state index is 13.6. The van der Waals surface area contributed by atoms with E-state index in [4.69, 9.17) is 32.8 Å². The van der Waals surface area contributed by atoms with E-state index in [-0.39, 0.29) is 34.0 Å². The molecule has 3 fully saturated rings. The number of rotatable bonds is 11. The lowest BCUT2D eigenvalue weighted by Crippen LogP contribution is -2.65. The first-order chi connectivity index (χ1) is 26.6. The summed E-state index contributed by atoms with van der Waals surface area (Å²) < 4.78 is 39.2. The van der Waals surface area contributed by atoms with Gasteiger partial charge in [0.05, 0.1) is 32.0 Å². The normalized spacial score (nSPS) is 36.4. The SMILES string of the molecule is O=c1c(CO)c(-c2ccc(O[C@@H]3O[C@H](CO)[C@@H](O)[C@H](O)[C@H]3O)c(O)c2)oc2cc(O[C@@H]3O[C@H](CO)[C@@H](O)[C@H](O)[C@H]3O[C@@H]3O[C@H](CO)[C@@H](O)[C@H](O)[C@H]3O)cc(O)c12. The van der Waals surface area contributed by atoms with Crippen LogP contribution >= 0.6 is 0 Å². The van der Waals surface area contributed by atoms with Crippen molar-refractivity contribution in [3.63, 3.8) is 0 Å². The molecule has 3 aliphatic heterocycles. The molecule has 0 unspecified atom stereocenters. The molecule has 56 heavy (non-hydrogen) atoms. The van der Waals surface area contributed by atoms with Gasteiger partial charge in [-0.15, -0.1) is 0 Å². The molecule has 15 atom stereocenters. The Kier molecular flexibility index (Phi) is 12.7. The number of phenols is 2. The Morgan fingerprint density at radius 3 is 1.71 bits per heavy atom. The molecule has 3 aromatic rings. The molecule has 0 aliphatic carbocycles. The Labute approximate surface area is 314 Å². The largest absolute Gasteiger partial charge is 0.507 e. The van der Waals surface area contributed by atoms with Crippen LogP contribution in [0.2, 0.25) is 0 Å². The van der Waals surface area contributed by atoms with Gasteiger partial charge in [0.15, 0.2) is 23.9 Å². The van der Waals surface area contributed by atoms with Gasteiger partial charge in [-0.1, -0.05) is 0 Å². The molecule has 4 heterocycles. The van der Waals surface area contributed by atoms with Gasteiger partial charge >= 0.3 is 0 Å². The summed E-state index contributed by atoms with van der Waals surface area (Å²) in [4.78, 5) is 13.6. The van der Waals surface area contributed by atoms with Gasteiger partial charge in [-0.25, -0.2) is 0 Å². The Balaban J connectivity index is 1.31. The first-order valence-corrected chi connectivity index (χ1v) is 17.1. The minimum Gasteiger partial charge on any atom is -0.507 e. The van der Waals surface area contributed by atoms with Crippen molar-refractivity contribution in [2.75, 3.05) is 19.8 Å². The van der Waals surface area contributed by atoms with Gasteiger partial charge in [-0.05, 0) is 18.2 Å². The summed E-state index contributed by atoms with van der Waals surface area (Å²) in [6.07, 6.45) is -25.8. The van der Waals surface area contributed by atoms with Gasteiger partial charge in [0.2, 0.25) is 18.0 Å². The second kappa shape index (κ2) is 17.0. The lowest BCUT2D eigenvalue weighted by Gasteiger charge is -2.45. The first-order valence-electron chi connectivity index (χ1n) is 17.1. The summed E-state index contributed by atoms with van der Waals surface area (Å²) in [5.41, 5.74) is -1.66. The highest BCUT2D eigenvalue weighted by Crippen LogP contribution is 2.39. The predicted molar refractivity (Wildman–Crippen MR) is 179 cm³/mol. The Hall–Kier alpha value is -3.79. The van der Waals surface area contributed by atoms with Crippen molar-refractivity contribution in [3.05, 3.63) is 46.1 Å². The number of fused-ring (bicyclic) bond motifs is 1. The lowest BCUT2D eigenvalue weighted by atomic mass is 9.97. The molecular weight excluding hydrogens is 760 g/mol. The zero-order chi connectivity index (χ0) is 40.7. The summed E-state index contributed by atoms with van der Waals surface area (Å²) in [6.45, 7) is -3.30. The fraction of sp³-hybridized carbons (Fsp3) is 0.559. The van der Waals surface area contributed by atoms with Crippen LogP contribution in [0.3, 0.4) is 0 Å². The van der Waals surface area contributed by atoms with Crippen molar-refractivity contribution in [1.29, 1.82) is 0 Å². The van der Waals surface area contributed by atoms with E-state index < -0.39 is 141 Å². The van der Waals surface area contributed by atoms with Crippen LogP contribution in [0.5, 0.6) is 23.0 Å². The minimum absolute atomic E-state index is 0.0241. The lowest BCUT2D eigenvalue weighted by molar-refractivity contribution is -0.357. The number of ether oxygens (including phenoxy) is 6. The van der Waals surface area contributed by atoms with Crippen LogP contribution in [0.15, 0.2) is 39.5 Å². The third kappa shape index (κ3) is 7.76. The fourth-order valence-corrected chi connectivity index (χ4v) is 6.57. The maximum Gasteiger partial charge on any atom is 0.229 e. The quantitative estimate of drug-likeness (QED) is 0.0860. The highest BCUT2D eigenvalue weighted by Gasteiger charge is 2.51. The molecule has 3 aliphatic rings. The van der Waals surface area contributed by atoms with Crippen molar-refractivity contribution in [2.24, 2.45) is 0 Å². The summed E-state index contributed by atoms with van der Waals surface area (Å²) >= 11 is 0. The topological polar surface area (TPSA) is 369 Å². The van der Waals surface area contributed by atoms with Gasteiger partial charge in [0.1, 0.15) is 95.4 Å². The van der Waals surface area contributed by atoms with E-state index in [9.17, 15) is 76.3 Å². The van der Waals surface area contributed by atoms with Gasteiger partial charge in [-0.2, -0.15) is 0 Å². The summed E-state index contributed by atoms with van der Waals surface area (Å²) in [5.74, 6) is -2.32. The maximum absolute atomic E-state index is 13.6. The van der Waals surface area contributed by atoms with E-state index in [0.717, 1.165) is 24.3 Å².